The number of carbonyl (C=O) groups excluding carboxylic acids is 1. The molecule has 1 aromatic heterocycles. The molecule has 0 bridgehead atoms. The molecule has 10 nitrogen and oxygen atoms in total. The molecule has 176 valence electrons. The van der Waals surface area contributed by atoms with E-state index in [1.165, 1.54) is 18.3 Å². The molecule has 0 fully saturated rings. The number of halogens is 1. The number of benzene rings is 3. The summed E-state index contributed by atoms with van der Waals surface area (Å²) in [5, 5.41) is 16.1. The Morgan fingerprint density at radius 2 is 1.89 bits per heavy atom. The maximum atomic E-state index is 13.2. The summed E-state index contributed by atoms with van der Waals surface area (Å²) >= 11 is 6.20. The molecule has 0 amide bonds. The lowest BCUT2D eigenvalue weighted by Gasteiger charge is -2.10. The first-order valence-corrected chi connectivity index (χ1v) is 10.6. The monoisotopic (exact) mass is 492 g/mol. The molecule has 0 aliphatic carbocycles. The van der Waals surface area contributed by atoms with Crippen LogP contribution in [-0.4, -0.2) is 40.5 Å². The normalized spacial score (nSPS) is 11.0. The Labute approximate surface area is 203 Å². The lowest BCUT2D eigenvalue weighted by molar-refractivity contribution is -0.385. The second kappa shape index (κ2) is 10.1. The van der Waals surface area contributed by atoms with Crippen molar-refractivity contribution in [3.63, 3.8) is 0 Å². The molecule has 0 aliphatic rings. The van der Waals surface area contributed by atoms with Crippen molar-refractivity contribution in [1.29, 1.82) is 0 Å². The van der Waals surface area contributed by atoms with Crippen molar-refractivity contribution in [2.24, 2.45) is 5.10 Å². The Hall–Kier alpha value is -4.57. The number of esters is 1. The molecule has 0 atom stereocenters. The van der Waals surface area contributed by atoms with Crippen LogP contribution in [0, 0.1) is 10.1 Å². The molecule has 4 aromatic rings. The molecule has 0 saturated carbocycles. The molecule has 0 radical (unpaired) electrons. The van der Waals surface area contributed by atoms with E-state index in [0.717, 1.165) is 11.8 Å². The van der Waals surface area contributed by atoms with Gasteiger partial charge in [0.1, 0.15) is 0 Å². The van der Waals surface area contributed by atoms with Crippen LogP contribution in [0.2, 0.25) is 5.02 Å². The summed E-state index contributed by atoms with van der Waals surface area (Å²) in [5.74, 6) is -0.712. The highest BCUT2D eigenvalue weighted by molar-refractivity contribution is 6.32. The van der Waals surface area contributed by atoms with Gasteiger partial charge in [0, 0.05) is 17.2 Å². The van der Waals surface area contributed by atoms with Crippen LogP contribution in [0.4, 0.5) is 5.69 Å². The van der Waals surface area contributed by atoms with E-state index in [4.69, 9.17) is 16.3 Å². The number of carbonyl (C=O) groups is 1. The summed E-state index contributed by atoms with van der Waals surface area (Å²) in [7, 11) is 1.16. The van der Waals surface area contributed by atoms with Gasteiger partial charge in [0.25, 0.3) is 5.56 Å². The number of methoxy groups -OCH3 is 1. The van der Waals surface area contributed by atoms with Crippen molar-refractivity contribution in [2.75, 3.05) is 13.7 Å². The second-order valence-electron chi connectivity index (χ2n) is 7.15. The standard InChI is InChI=1S/C24H17ClN4O6/c1-34-21(30)14-35-22-18(25)11-15(12-20(22)29(32)33)13-26-28-23(16-7-3-2-4-8-16)27-19-10-6-5-9-17(19)24(28)31/h2-13H,14H2,1H3. The van der Waals surface area contributed by atoms with Crippen molar-refractivity contribution in [1.82, 2.24) is 9.66 Å². The van der Waals surface area contributed by atoms with E-state index in [0.29, 0.717) is 22.3 Å². The number of ether oxygens (including phenoxy) is 2. The maximum Gasteiger partial charge on any atom is 0.343 e. The van der Waals surface area contributed by atoms with Gasteiger partial charge in [-0.05, 0) is 18.2 Å². The fourth-order valence-corrected chi connectivity index (χ4v) is 3.55. The van der Waals surface area contributed by atoms with Crippen LogP contribution >= 0.6 is 11.6 Å². The van der Waals surface area contributed by atoms with E-state index in [-0.39, 0.29) is 16.3 Å². The van der Waals surface area contributed by atoms with Crippen molar-refractivity contribution < 1.29 is 19.2 Å². The molecule has 0 spiro atoms. The number of hydrogen-bond acceptors (Lipinski definition) is 8. The van der Waals surface area contributed by atoms with E-state index in [1.807, 2.05) is 6.07 Å². The summed E-state index contributed by atoms with van der Waals surface area (Å²) in [6.45, 7) is -0.552. The van der Waals surface area contributed by atoms with Crippen LogP contribution in [0.5, 0.6) is 5.75 Å². The Bertz CT molecular complexity index is 1520. The van der Waals surface area contributed by atoms with Crippen LogP contribution in [0.15, 0.2) is 76.6 Å². The topological polar surface area (TPSA) is 126 Å². The molecular weight excluding hydrogens is 476 g/mol. The molecule has 1 heterocycles. The summed E-state index contributed by atoms with van der Waals surface area (Å²) in [5.41, 5.74) is 0.502. The third-order valence-electron chi connectivity index (χ3n) is 4.91. The summed E-state index contributed by atoms with van der Waals surface area (Å²) in [4.78, 5) is 40.1. The minimum Gasteiger partial charge on any atom is -0.474 e. The summed E-state index contributed by atoms with van der Waals surface area (Å²) < 4.78 is 10.8. The average molecular weight is 493 g/mol. The van der Waals surface area contributed by atoms with Gasteiger partial charge < -0.3 is 9.47 Å². The fraction of sp³-hybridized carbons (Fsp3) is 0.0833. The number of nitro groups is 1. The van der Waals surface area contributed by atoms with Crippen molar-refractivity contribution in [2.45, 2.75) is 0 Å². The van der Waals surface area contributed by atoms with Crippen LogP contribution in [-0.2, 0) is 9.53 Å². The molecule has 0 saturated heterocycles. The van der Waals surface area contributed by atoms with E-state index in [1.54, 1.807) is 48.5 Å². The average Bonchev–Trinajstić information content (AvgIpc) is 2.87. The highest BCUT2D eigenvalue weighted by atomic mass is 35.5. The first-order chi connectivity index (χ1) is 16.9. The first-order valence-electron chi connectivity index (χ1n) is 10.2. The number of hydrogen-bond donors (Lipinski definition) is 0. The number of rotatable bonds is 7. The molecule has 35 heavy (non-hydrogen) atoms. The Morgan fingerprint density at radius 3 is 2.60 bits per heavy atom. The summed E-state index contributed by atoms with van der Waals surface area (Å²) in [6.07, 6.45) is 1.26. The van der Waals surface area contributed by atoms with Gasteiger partial charge in [0.2, 0.25) is 5.75 Å². The lowest BCUT2D eigenvalue weighted by Crippen LogP contribution is -2.20. The van der Waals surface area contributed by atoms with Gasteiger partial charge in [-0.1, -0.05) is 54.1 Å². The lowest BCUT2D eigenvalue weighted by atomic mass is 10.2. The second-order valence-corrected chi connectivity index (χ2v) is 7.56. The van der Waals surface area contributed by atoms with Crippen LogP contribution in [0.1, 0.15) is 5.56 Å². The number of aromatic nitrogens is 2. The van der Waals surface area contributed by atoms with Crippen LogP contribution < -0.4 is 10.3 Å². The molecular formula is C24H17ClN4O6. The molecule has 3 aromatic carbocycles. The van der Waals surface area contributed by atoms with Gasteiger partial charge in [-0.2, -0.15) is 9.78 Å². The van der Waals surface area contributed by atoms with E-state index in [2.05, 4.69) is 14.8 Å². The smallest absolute Gasteiger partial charge is 0.343 e. The molecule has 11 heteroatoms. The maximum absolute atomic E-state index is 13.2. The van der Waals surface area contributed by atoms with Gasteiger partial charge in [-0.25, -0.2) is 9.78 Å². The minimum atomic E-state index is -0.724. The van der Waals surface area contributed by atoms with E-state index < -0.39 is 28.7 Å². The van der Waals surface area contributed by atoms with Crippen LogP contribution in [0.3, 0.4) is 0 Å². The van der Waals surface area contributed by atoms with Gasteiger partial charge in [0.15, 0.2) is 12.4 Å². The zero-order chi connectivity index (χ0) is 24.9. The largest absolute Gasteiger partial charge is 0.474 e. The Morgan fingerprint density at radius 1 is 1.17 bits per heavy atom. The third kappa shape index (κ3) is 5.02. The zero-order valence-electron chi connectivity index (χ0n) is 18.3. The molecule has 0 unspecified atom stereocenters. The predicted molar refractivity (Wildman–Crippen MR) is 130 cm³/mol. The number of fused-ring (bicyclic) bond motifs is 1. The quantitative estimate of drug-likeness (QED) is 0.165. The zero-order valence-corrected chi connectivity index (χ0v) is 19.0. The summed E-state index contributed by atoms with van der Waals surface area (Å²) in [6, 6.07) is 18.4. The highest BCUT2D eigenvalue weighted by Gasteiger charge is 2.22. The number of nitro benzene ring substituents is 1. The van der Waals surface area contributed by atoms with Gasteiger partial charge in [-0.15, -0.1) is 0 Å². The molecule has 0 aliphatic heterocycles. The van der Waals surface area contributed by atoms with Gasteiger partial charge in [-0.3, -0.25) is 14.9 Å². The fourth-order valence-electron chi connectivity index (χ4n) is 3.27. The van der Waals surface area contributed by atoms with Crippen molar-refractivity contribution in [3.8, 4) is 17.1 Å². The van der Waals surface area contributed by atoms with E-state index >= 15 is 0 Å². The van der Waals surface area contributed by atoms with Crippen molar-refractivity contribution >= 4 is 40.4 Å². The number of para-hydroxylation sites is 1. The Kier molecular flexibility index (Phi) is 6.83. The highest BCUT2D eigenvalue weighted by Crippen LogP contribution is 2.36. The Balaban J connectivity index is 1.81. The number of nitrogens with zero attached hydrogens (tertiary/aromatic N) is 4. The van der Waals surface area contributed by atoms with Crippen molar-refractivity contribution in [3.05, 3.63) is 97.8 Å². The minimum absolute atomic E-state index is 0.114. The van der Waals surface area contributed by atoms with Gasteiger partial charge in [0.05, 0.1) is 34.2 Å². The van der Waals surface area contributed by atoms with Gasteiger partial charge >= 0.3 is 11.7 Å². The van der Waals surface area contributed by atoms with E-state index in [9.17, 15) is 19.7 Å². The third-order valence-corrected chi connectivity index (χ3v) is 5.19. The molecule has 0 N–H and O–H groups in total. The first kappa shape index (κ1) is 23.6. The molecule has 4 rings (SSSR count). The predicted octanol–water partition coefficient (Wildman–Crippen LogP) is 4.06. The SMILES string of the molecule is COC(=O)COc1c(Cl)cc(C=Nn2c(-c3ccccc3)nc3ccccc3c2=O)cc1[N+](=O)[O-]. The van der Waals surface area contributed by atoms with Crippen LogP contribution in [0.25, 0.3) is 22.3 Å².